The molecule has 6 heteroatoms. The number of hydrogen-bond acceptors (Lipinski definition) is 4. The highest BCUT2D eigenvalue weighted by Gasteiger charge is 2.29. The first-order valence-corrected chi connectivity index (χ1v) is 11.7. The molecule has 6 nitrogen and oxygen atoms in total. The maximum Gasteiger partial charge on any atom is 0.260 e. The van der Waals surface area contributed by atoms with Gasteiger partial charge in [-0.15, -0.1) is 0 Å². The van der Waals surface area contributed by atoms with E-state index in [1.807, 2.05) is 34.9 Å². The lowest BCUT2D eigenvalue weighted by molar-refractivity contribution is -0.134. The molecule has 0 aliphatic carbocycles. The Bertz CT molecular complexity index is 968. The van der Waals surface area contributed by atoms with Gasteiger partial charge >= 0.3 is 0 Å². The number of benzene rings is 2. The number of fused-ring (bicyclic) bond motifs is 1. The smallest absolute Gasteiger partial charge is 0.260 e. The van der Waals surface area contributed by atoms with E-state index in [1.54, 1.807) is 18.2 Å². The summed E-state index contributed by atoms with van der Waals surface area (Å²) in [5, 5.41) is 0. The number of piperidine rings is 1. The van der Waals surface area contributed by atoms with Gasteiger partial charge in [0.1, 0.15) is 0 Å². The second-order valence-electron chi connectivity index (χ2n) is 8.52. The molecule has 0 aromatic heterocycles. The summed E-state index contributed by atoms with van der Waals surface area (Å²) in [6, 6.07) is 13.4. The van der Waals surface area contributed by atoms with E-state index < -0.39 is 0 Å². The average Bonchev–Trinajstić information content (AvgIpc) is 2.83. The predicted octanol–water partition coefficient (Wildman–Crippen LogP) is 4.46. The highest BCUT2D eigenvalue weighted by atomic mass is 16.5. The van der Waals surface area contributed by atoms with E-state index in [1.165, 1.54) is 12.0 Å². The highest BCUT2D eigenvalue weighted by Crippen LogP contribution is 2.34. The number of ether oxygens (including phenoxy) is 2. The van der Waals surface area contributed by atoms with Crippen LogP contribution in [0.25, 0.3) is 0 Å². The summed E-state index contributed by atoms with van der Waals surface area (Å²) in [5.41, 5.74) is 2.72. The van der Waals surface area contributed by atoms with E-state index in [9.17, 15) is 9.59 Å². The average molecular weight is 437 g/mol. The zero-order chi connectivity index (χ0) is 22.5. The summed E-state index contributed by atoms with van der Waals surface area (Å²) in [7, 11) is 0. The topological polar surface area (TPSA) is 59.1 Å². The van der Waals surface area contributed by atoms with Gasteiger partial charge in [-0.2, -0.15) is 0 Å². The number of amides is 2. The monoisotopic (exact) mass is 436 g/mol. The zero-order valence-corrected chi connectivity index (χ0v) is 19.0. The highest BCUT2D eigenvalue weighted by molar-refractivity contribution is 6.07. The lowest BCUT2D eigenvalue weighted by Gasteiger charge is -2.35. The molecule has 32 heavy (non-hydrogen) atoms. The molecule has 2 heterocycles. The summed E-state index contributed by atoms with van der Waals surface area (Å²) < 4.78 is 11.6. The number of aryl methyl sites for hydroxylation is 1. The van der Waals surface area contributed by atoms with Crippen LogP contribution in [0.1, 0.15) is 55.5 Å². The quantitative estimate of drug-likeness (QED) is 0.671. The van der Waals surface area contributed by atoms with Crippen LogP contribution in [0, 0.1) is 0 Å². The summed E-state index contributed by atoms with van der Waals surface area (Å²) in [6.45, 7) is 5.98. The molecule has 1 atom stereocenters. The molecule has 0 radical (unpaired) electrons. The molecular weight excluding hydrogens is 404 g/mol. The van der Waals surface area contributed by atoms with E-state index in [0.29, 0.717) is 23.7 Å². The van der Waals surface area contributed by atoms with E-state index in [2.05, 4.69) is 13.0 Å². The van der Waals surface area contributed by atoms with Gasteiger partial charge in [0.25, 0.3) is 11.8 Å². The van der Waals surface area contributed by atoms with Crippen molar-refractivity contribution in [3.05, 3.63) is 53.6 Å². The van der Waals surface area contributed by atoms with Gasteiger partial charge in [0.2, 0.25) is 0 Å². The summed E-state index contributed by atoms with van der Waals surface area (Å²) >= 11 is 0. The number of likely N-dealkylation sites (tertiary alicyclic amines) is 1. The summed E-state index contributed by atoms with van der Waals surface area (Å²) in [4.78, 5) is 29.7. The van der Waals surface area contributed by atoms with Crippen molar-refractivity contribution >= 4 is 17.5 Å². The molecule has 2 aliphatic heterocycles. The van der Waals surface area contributed by atoms with E-state index in [4.69, 9.17) is 9.47 Å². The first-order valence-electron chi connectivity index (χ1n) is 11.7. The third-order valence-corrected chi connectivity index (χ3v) is 6.29. The van der Waals surface area contributed by atoms with Crippen molar-refractivity contribution in [2.45, 2.75) is 52.0 Å². The first-order chi connectivity index (χ1) is 15.6. The molecule has 2 aromatic rings. The third-order valence-electron chi connectivity index (χ3n) is 6.29. The standard InChI is InChI=1S/C26H32N2O4/c1-3-31-24-17-21(13-14-23(24)32-18-25(29)27-15-7-4-8-16-27)26(30)28-19(2)11-12-20-9-5-6-10-22(20)28/h5-6,9-10,13-14,17,19H,3-4,7-8,11-12,15-16,18H2,1-2H3. The minimum atomic E-state index is -0.0541. The van der Waals surface area contributed by atoms with E-state index >= 15 is 0 Å². The third kappa shape index (κ3) is 4.74. The second kappa shape index (κ2) is 10.1. The fourth-order valence-electron chi connectivity index (χ4n) is 4.54. The van der Waals surface area contributed by atoms with Crippen molar-refractivity contribution in [1.29, 1.82) is 0 Å². The van der Waals surface area contributed by atoms with E-state index in [0.717, 1.165) is 44.5 Å². The number of rotatable bonds is 6. The molecule has 2 aliphatic rings. The number of carbonyl (C=O) groups is 2. The Morgan fingerprint density at radius 3 is 2.56 bits per heavy atom. The Morgan fingerprint density at radius 2 is 1.78 bits per heavy atom. The molecule has 0 saturated carbocycles. The fourth-order valence-corrected chi connectivity index (χ4v) is 4.54. The SMILES string of the molecule is CCOc1cc(C(=O)N2c3ccccc3CCC2C)ccc1OCC(=O)N1CCCCC1. The Kier molecular flexibility index (Phi) is 6.98. The lowest BCUT2D eigenvalue weighted by Crippen LogP contribution is -2.42. The van der Waals surface area contributed by atoms with Crippen molar-refractivity contribution < 1.29 is 19.1 Å². The van der Waals surface area contributed by atoms with Crippen LogP contribution in [-0.4, -0.2) is 49.1 Å². The molecule has 0 N–H and O–H groups in total. The summed E-state index contributed by atoms with van der Waals surface area (Å²) in [5.74, 6) is 0.913. The summed E-state index contributed by atoms with van der Waals surface area (Å²) in [6.07, 6.45) is 5.17. The van der Waals surface area contributed by atoms with Gasteiger partial charge in [0, 0.05) is 30.4 Å². The van der Waals surface area contributed by atoms with Crippen molar-refractivity contribution in [3.8, 4) is 11.5 Å². The molecule has 4 rings (SSSR count). The van der Waals surface area contributed by atoms with Crippen LogP contribution in [0.4, 0.5) is 5.69 Å². The zero-order valence-electron chi connectivity index (χ0n) is 19.0. The molecule has 1 unspecified atom stereocenters. The van der Waals surface area contributed by atoms with Gasteiger partial charge in [-0.3, -0.25) is 9.59 Å². The van der Waals surface area contributed by atoms with Gasteiger partial charge in [0.15, 0.2) is 18.1 Å². The minimum absolute atomic E-state index is 0.00829. The number of para-hydroxylation sites is 1. The van der Waals surface area contributed by atoms with Crippen molar-refractivity contribution in [2.24, 2.45) is 0 Å². The van der Waals surface area contributed by atoms with Crippen LogP contribution in [0.2, 0.25) is 0 Å². The van der Waals surface area contributed by atoms with Crippen LogP contribution >= 0.6 is 0 Å². The second-order valence-corrected chi connectivity index (χ2v) is 8.52. The van der Waals surface area contributed by atoms with Crippen LogP contribution < -0.4 is 14.4 Å². The van der Waals surface area contributed by atoms with Crippen molar-refractivity contribution in [1.82, 2.24) is 4.90 Å². The Labute approximate surface area is 190 Å². The molecular formula is C26H32N2O4. The van der Waals surface area contributed by atoms with Gasteiger partial charge in [-0.05, 0) is 75.8 Å². The van der Waals surface area contributed by atoms with Gasteiger partial charge in [-0.1, -0.05) is 18.2 Å². The molecule has 2 aromatic carbocycles. The Hall–Kier alpha value is -3.02. The lowest BCUT2D eigenvalue weighted by atomic mass is 9.95. The van der Waals surface area contributed by atoms with Gasteiger partial charge in [-0.25, -0.2) is 0 Å². The van der Waals surface area contributed by atoms with E-state index in [-0.39, 0.29) is 24.5 Å². The fraction of sp³-hybridized carbons (Fsp3) is 0.462. The largest absolute Gasteiger partial charge is 0.490 e. The predicted molar refractivity (Wildman–Crippen MR) is 125 cm³/mol. The van der Waals surface area contributed by atoms with Gasteiger partial charge < -0.3 is 19.3 Å². The number of hydrogen-bond donors (Lipinski definition) is 0. The Morgan fingerprint density at radius 1 is 1.00 bits per heavy atom. The molecule has 1 saturated heterocycles. The maximum atomic E-state index is 13.5. The number of anilines is 1. The Balaban J connectivity index is 1.52. The van der Waals surface area contributed by atoms with Crippen LogP contribution in [0.15, 0.2) is 42.5 Å². The minimum Gasteiger partial charge on any atom is -0.490 e. The van der Waals surface area contributed by atoms with Gasteiger partial charge in [0.05, 0.1) is 6.61 Å². The molecule has 170 valence electrons. The van der Waals surface area contributed by atoms with Crippen LogP contribution in [-0.2, 0) is 11.2 Å². The molecule has 2 amide bonds. The number of nitrogens with zero attached hydrogens (tertiary/aromatic N) is 2. The molecule has 0 bridgehead atoms. The number of carbonyl (C=O) groups excluding carboxylic acids is 2. The molecule has 1 fully saturated rings. The van der Waals surface area contributed by atoms with Crippen molar-refractivity contribution in [3.63, 3.8) is 0 Å². The normalized spacial score (nSPS) is 18.1. The van der Waals surface area contributed by atoms with Crippen molar-refractivity contribution in [2.75, 3.05) is 31.2 Å². The molecule has 0 spiro atoms. The first kappa shape index (κ1) is 22.2. The van der Waals surface area contributed by atoms with Crippen LogP contribution in [0.5, 0.6) is 11.5 Å². The maximum absolute atomic E-state index is 13.5. The van der Waals surface area contributed by atoms with Crippen LogP contribution in [0.3, 0.4) is 0 Å².